The minimum atomic E-state index is -0.990. The van der Waals surface area contributed by atoms with Crippen molar-refractivity contribution in [3.05, 3.63) is 17.7 Å². The Labute approximate surface area is 101 Å². The zero-order valence-electron chi connectivity index (χ0n) is 9.88. The molecular formula is C10H15F2N3OS. The summed E-state index contributed by atoms with van der Waals surface area (Å²) in [5, 5.41) is 5.28. The first-order valence-corrected chi connectivity index (χ1v) is 6.77. The number of nitrogens with one attached hydrogen (secondary N) is 2. The number of rotatable bonds is 5. The highest BCUT2D eigenvalue weighted by atomic mass is 32.2. The molecular weight excluding hydrogens is 248 g/mol. The number of halogens is 2. The van der Waals surface area contributed by atoms with E-state index in [1.54, 1.807) is 13.2 Å². The molecule has 2 N–H and O–H groups in total. The fourth-order valence-corrected chi connectivity index (χ4v) is 2.16. The average Bonchev–Trinajstić information content (AvgIpc) is 2.20. The molecule has 0 aliphatic heterocycles. The van der Waals surface area contributed by atoms with Crippen molar-refractivity contribution in [3.8, 4) is 0 Å². The van der Waals surface area contributed by atoms with Gasteiger partial charge in [-0.25, -0.2) is 13.8 Å². The number of pyridine rings is 1. The Morgan fingerprint density at radius 2 is 2.00 bits per heavy atom. The third kappa shape index (κ3) is 3.92. The van der Waals surface area contributed by atoms with E-state index in [-0.39, 0.29) is 17.7 Å². The lowest BCUT2D eigenvalue weighted by atomic mass is 10.3. The van der Waals surface area contributed by atoms with Gasteiger partial charge in [-0.1, -0.05) is 0 Å². The monoisotopic (exact) mass is 263 g/mol. The first-order chi connectivity index (χ1) is 7.93. The van der Waals surface area contributed by atoms with E-state index in [9.17, 15) is 13.0 Å². The van der Waals surface area contributed by atoms with Crippen LogP contribution in [0.25, 0.3) is 0 Å². The topological polar surface area (TPSA) is 54.0 Å². The SMILES string of the molecule is CNc1nc(NC(C)CS(C)=O)c(F)cc1F. The fourth-order valence-electron chi connectivity index (χ4n) is 1.37. The minimum Gasteiger partial charge on any atom is -0.371 e. The second kappa shape index (κ2) is 5.90. The Morgan fingerprint density at radius 1 is 1.41 bits per heavy atom. The molecule has 0 radical (unpaired) electrons. The highest BCUT2D eigenvalue weighted by Crippen LogP contribution is 2.19. The molecule has 0 aromatic carbocycles. The van der Waals surface area contributed by atoms with Crippen LogP contribution in [0.4, 0.5) is 20.4 Å². The zero-order chi connectivity index (χ0) is 13.0. The predicted octanol–water partition coefficient (Wildman–Crippen LogP) is 1.58. The first kappa shape index (κ1) is 13.8. The Kier molecular flexibility index (Phi) is 4.80. The van der Waals surface area contributed by atoms with Gasteiger partial charge in [0.2, 0.25) is 0 Å². The minimum absolute atomic E-state index is 0.0290. The van der Waals surface area contributed by atoms with Crippen molar-refractivity contribution in [2.24, 2.45) is 0 Å². The van der Waals surface area contributed by atoms with Crippen LogP contribution in [0.1, 0.15) is 6.92 Å². The van der Waals surface area contributed by atoms with Gasteiger partial charge in [-0.3, -0.25) is 4.21 Å². The highest BCUT2D eigenvalue weighted by molar-refractivity contribution is 7.84. The van der Waals surface area contributed by atoms with Crippen LogP contribution in [-0.2, 0) is 10.8 Å². The largest absolute Gasteiger partial charge is 0.371 e. The maximum absolute atomic E-state index is 13.4. The van der Waals surface area contributed by atoms with Gasteiger partial charge in [0, 0.05) is 42.0 Å². The molecule has 1 aromatic rings. The summed E-state index contributed by atoms with van der Waals surface area (Å²) < 4.78 is 37.5. The quantitative estimate of drug-likeness (QED) is 0.847. The van der Waals surface area contributed by atoms with Crippen LogP contribution in [0, 0.1) is 11.6 Å². The van der Waals surface area contributed by atoms with Crippen molar-refractivity contribution in [2.45, 2.75) is 13.0 Å². The summed E-state index contributed by atoms with van der Waals surface area (Å²) in [4.78, 5) is 3.77. The molecule has 96 valence electrons. The van der Waals surface area contributed by atoms with Crippen LogP contribution >= 0.6 is 0 Å². The smallest absolute Gasteiger partial charge is 0.168 e. The molecule has 1 heterocycles. The maximum Gasteiger partial charge on any atom is 0.168 e. The van der Waals surface area contributed by atoms with Crippen molar-refractivity contribution in [2.75, 3.05) is 29.7 Å². The van der Waals surface area contributed by atoms with E-state index < -0.39 is 22.4 Å². The molecule has 2 atom stereocenters. The van der Waals surface area contributed by atoms with Gasteiger partial charge < -0.3 is 10.6 Å². The molecule has 0 aliphatic carbocycles. The maximum atomic E-state index is 13.4. The zero-order valence-corrected chi connectivity index (χ0v) is 10.7. The molecule has 17 heavy (non-hydrogen) atoms. The predicted molar refractivity (Wildman–Crippen MR) is 65.7 cm³/mol. The van der Waals surface area contributed by atoms with Gasteiger partial charge in [0.1, 0.15) is 0 Å². The summed E-state index contributed by atoms with van der Waals surface area (Å²) in [6.07, 6.45) is 1.56. The third-order valence-electron chi connectivity index (χ3n) is 2.03. The molecule has 0 spiro atoms. The summed E-state index contributed by atoms with van der Waals surface area (Å²) in [5.74, 6) is -1.22. The van der Waals surface area contributed by atoms with Gasteiger partial charge in [0.15, 0.2) is 23.3 Å². The molecule has 0 amide bonds. The van der Waals surface area contributed by atoms with Crippen LogP contribution < -0.4 is 10.6 Å². The fraction of sp³-hybridized carbons (Fsp3) is 0.500. The molecule has 0 saturated carbocycles. The van der Waals surface area contributed by atoms with Gasteiger partial charge in [0.05, 0.1) is 0 Å². The molecule has 0 saturated heterocycles. The Balaban J connectivity index is 2.87. The standard InChI is InChI=1S/C10H15F2N3OS/c1-6(5-17(3)16)14-10-8(12)4-7(11)9(13-2)15-10/h4,6H,5H2,1-3H3,(H2,13,14,15). The van der Waals surface area contributed by atoms with Gasteiger partial charge >= 0.3 is 0 Å². The van der Waals surface area contributed by atoms with E-state index in [1.807, 2.05) is 0 Å². The molecule has 7 heteroatoms. The van der Waals surface area contributed by atoms with Crippen molar-refractivity contribution in [1.82, 2.24) is 4.98 Å². The van der Waals surface area contributed by atoms with Crippen LogP contribution in [-0.4, -0.2) is 34.3 Å². The van der Waals surface area contributed by atoms with E-state index in [0.29, 0.717) is 5.75 Å². The van der Waals surface area contributed by atoms with Crippen molar-refractivity contribution < 1.29 is 13.0 Å². The summed E-state index contributed by atoms with van der Waals surface area (Å²) in [5.41, 5.74) is 0. The van der Waals surface area contributed by atoms with Crippen LogP contribution in [0.5, 0.6) is 0 Å². The van der Waals surface area contributed by atoms with Crippen LogP contribution in [0.15, 0.2) is 6.07 Å². The van der Waals surface area contributed by atoms with Crippen molar-refractivity contribution in [3.63, 3.8) is 0 Å². The van der Waals surface area contributed by atoms with E-state index in [4.69, 9.17) is 0 Å². The van der Waals surface area contributed by atoms with Gasteiger partial charge in [0.25, 0.3) is 0 Å². The summed E-state index contributed by atoms with van der Waals surface area (Å²) in [6.45, 7) is 1.75. The van der Waals surface area contributed by atoms with Crippen LogP contribution in [0.3, 0.4) is 0 Å². The van der Waals surface area contributed by atoms with E-state index in [1.165, 1.54) is 7.05 Å². The van der Waals surface area contributed by atoms with E-state index in [2.05, 4.69) is 15.6 Å². The Hall–Kier alpha value is -1.24. The van der Waals surface area contributed by atoms with Crippen LogP contribution in [0.2, 0.25) is 0 Å². The number of nitrogens with zero attached hydrogens (tertiary/aromatic N) is 1. The summed E-state index contributed by atoms with van der Waals surface area (Å²) >= 11 is 0. The molecule has 2 unspecified atom stereocenters. The van der Waals surface area contributed by atoms with Crippen molar-refractivity contribution in [1.29, 1.82) is 0 Å². The third-order valence-corrected chi connectivity index (χ3v) is 3.00. The Morgan fingerprint density at radius 3 is 2.53 bits per heavy atom. The lowest BCUT2D eigenvalue weighted by molar-refractivity contribution is 0.577. The lowest BCUT2D eigenvalue weighted by Gasteiger charge is -2.14. The van der Waals surface area contributed by atoms with Crippen molar-refractivity contribution >= 4 is 22.4 Å². The molecule has 1 aromatic heterocycles. The number of anilines is 2. The summed E-state index contributed by atoms with van der Waals surface area (Å²) in [6, 6.07) is 0.551. The highest BCUT2D eigenvalue weighted by Gasteiger charge is 2.13. The lowest BCUT2D eigenvalue weighted by Crippen LogP contribution is -2.23. The number of hydrogen-bond donors (Lipinski definition) is 2. The molecule has 0 fully saturated rings. The number of hydrogen-bond acceptors (Lipinski definition) is 4. The Bertz CT molecular complexity index is 428. The first-order valence-electron chi connectivity index (χ1n) is 5.04. The second-order valence-corrected chi connectivity index (χ2v) is 5.16. The number of aromatic nitrogens is 1. The van der Waals surface area contributed by atoms with E-state index >= 15 is 0 Å². The summed E-state index contributed by atoms with van der Waals surface area (Å²) in [7, 11) is 0.508. The molecule has 1 rings (SSSR count). The van der Waals surface area contributed by atoms with Gasteiger partial charge in [-0.15, -0.1) is 0 Å². The second-order valence-electron chi connectivity index (χ2n) is 3.68. The van der Waals surface area contributed by atoms with Gasteiger partial charge in [-0.2, -0.15) is 0 Å². The molecule has 0 bridgehead atoms. The average molecular weight is 263 g/mol. The normalized spacial score (nSPS) is 14.2. The molecule has 4 nitrogen and oxygen atoms in total. The van der Waals surface area contributed by atoms with E-state index in [0.717, 1.165) is 6.07 Å². The molecule has 0 aliphatic rings. The van der Waals surface area contributed by atoms with Gasteiger partial charge in [-0.05, 0) is 6.92 Å².